The van der Waals surface area contributed by atoms with Gasteiger partial charge < -0.3 is 4.74 Å². The van der Waals surface area contributed by atoms with Crippen molar-refractivity contribution in [2.75, 3.05) is 6.61 Å². The summed E-state index contributed by atoms with van der Waals surface area (Å²) in [4.78, 5) is 35.1. The van der Waals surface area contributed by atoms with E-state index in [2.05, 4.69) is 4.98 Å². The maximum Gasteiger partial charge on any atom is 0.338 e. The van der Waals surface area contributed by atoms with Gasteiger partial charge in [-0.25, -0.2) is 14.8 Å². The van der Waals surface area contributed by atoms with Gasteiger partial charge in [0, 0.05) is 21.3 Å². The van der Waals surface area contributed by atoms with Crippen molar-refractivity contribution in [3.8, 4) is 22.8 Å². The van der Waals surface area contributed by atoms with Gasteiger partial charge in [0.25, 0.3) is 5.56 Å². The number of esters is 1. The van der Waals surface area contributed by atoms with Crippen molar-refractivity contribution in [1.29, 1.82) is 0 Å². The lowest BCUT2D eigenvalue weighted by molar-refractivity contribution is 0.0526. The smallest absolute Gasteiger partial charge is 0.338 e. The minimum Gasteiger partial charge on any atom is -0.462 e. The van der Waals surface area contributed by atoms with Gasteiger partial charge in [0.2, 0.25) is 0 Å². The number of hydrogen-bond donors (Lipinski definition) is 0. The van der Waals surface area contributed by atoms with Crippen LogP contribution in [0.1, 0.15) is 17.3 Å². The zero-order valence-corrected chi connectivity index (χ0v) is 21.1. The average Bonchev–Trinajstić information content (AvgIpc) is 3.29. The summed E-state index contributed by atoms with van der Waals surface area (Å²) in [6.07, 6.45) is 1.51. The van der Waals surface area contributed by atoms with Crippen LogP contribution in [0, 0.1) is 0 Å². The van der Waals surface area contributed by atoms with Crippen LogP contribution in [0.25, 0.3) is 33.9 Å². The van der Waals surface area contributed by atoms with Crippen molar-refractivity contribution in [2.45, 2.75) is 6.92 Å². The average molecular weight is 540 g/mol. The number of carbonyl (C=O) groups is 1. The van der Waals surface area contributed by atoms with Crippen LogP contribution in [-0.4, -0.2) is 31.7 Å². The highest BCUT2D eigenvalue weighted by Crippen LogP contribution is 2.31. The van der Waals surface area contributed by atoms with Crippen LogP contribution < -0.4 is 5.56 Å². The summed E-state index contributed by atoms with van der Waals surface area (Å²) >= 11 is 18.7. The Morgan fingerprint density at radius 1 is 0.917 bits per heavy atom. The van der Waals surface area contributed by atoms with E-state index in [1.165, 1.54) is 10.9 Å². The van der Waals surface area contributed by atoms with Crippen molar-refractivity contribution < 1.29 is 9.53 Å². The topological polar surface area (TPSA) is 79.0 Å². The molecule has 0 aliphatic carbocycles. The molecular weight excluding hydrogens is 523 g/mol. The number of halogens is 3. The summed E-state index contributed by atoms with van der Waals surface area (Å²) in [7, 11) is 0. The molecule has 0 fully saturated rings. The van der Waals surface area contributed by atoms with Crippen LogP contribution in [0.15, 0.2) is 77.9 Å². The molecule has 0 aliphatic heterocycles. The highest BCUT2D eigenvalue weighted by molar-refractivity contribution is 6.36. The van der Waals surface area contributed by atoms with E-state index >= 15 is 0 Å². The molecule has 180 valence electrons. The molecular formula is C26H17Cl3N4O3. The lowest BCUT2D eigenvalue weighted by atomic mass is 10.2. The van der Waals surface area contributed by atoms with Crippen molar-refractivity contribution >= 4 is 51.9 Å². The maximum absolute atomic E-state index is 14.0. The summed E-state index contributed by atoms with van der Waals surface area (Å²) in [6, 6.07) is 18.5. The Bertz CT molecular complexity index is 1660. The number of fused-ring (bicyclic) bond motifs is 1. The SMILES string of the molecule is CCOC(=O)c1ccc(-n2cnc3nc(-c4ccc(Cl)cc4Cl)n(-c4ccc(Cl)cc4)c(=O)c32)cc1. The largest absolute Gasteiger partial charge is 0.462 e. The Labute approximate surface area is 220 Å². The summed E-state index contributed by atoms with van der Waals surface area (Å²) in [5.74, 6) is -0.116. The van der Waals surface area contributed by atoms with Crippen molar-refractivity contribution in [3.05, 3.63) is 104 Å². The molecule has 2 aromatic heterocycles. The fourth-order valence-corrected chi connectivity index (χ4v) is 4.44. The van der Waals surface area contributed by atoms with Gasteiger partial charge >= 0.3 is 5.97 Å². The Morgan fingerprint density at radius 2 is 1.58 bits per heavy atom. The van der Waals surface area contributed by atoms with E-state index in [0.29, 0.717) is 43.4 Å². The molecule has 10 heteroatoms. The summed E-state index contributed by atoms with van der Waals surface area (Å²) in [5, 5.41) is 1.32. The molecule has 0 unspecified atom stereocenters. The zero-order valence-electron chi connectivity index (χ0n) is 18.8. The first-order valence-corrected chi connectivity index (χ1v) is 12.0. The van der Waals surface area contributed by atoms with Crippen LogP contribution in [0.3, 0.4) is 0 Å². The van der Waals surface area contributed by atoms with E-state index < -0.39 is 5.97 Å². The van der Waals surface area contributed by atoms with E-state index in [9.17, 15) is 9.59 Å². The van der Waals surface area contributed by atoms with E-state index in [1.807, 2.05) is 0 Å². The molecule has 3 aromatic carbocycles. The number of hydrogen-bond acceptors (Lipinski definition) is 5. The quantitative estimate of drug-likeness (QED) is 0.242. The van der Waals surface area contributed by atoms with Crippen LogP contribution in [0.5, 0.6) is 0 Å². The maximum atomic E-state index is 14.0. The third-order valence-electron chi connectivity index (χ3n) is 5.49. The lowest BCUT2D eigenvalue weighted by Gasteiger charge is -2.14. The molecule has 0 bridgehead atoms. The molecule has 5 rings (SSSR count). The number of imidazole rings is 1. The highest BCUT2D eigenvalue weighted by atomic mass is 35.5. The molecule has 0 amide bonds. The fourth-order valence-electron chi connectivity index (χ4n) is 3.82. The standard InChI is InChI=1S/C26H17Cl3N4O3/c1-2-36-26(35)15-3-8-18(9-4-15)32-14-30-23-22(32)25(34)33(19-10-5-16(27)6-11-19)24(31-23)20-12-7-17(28)13-21(20)29/h3-14H,2H2,1H3. The molecule has 36 heavy (non-hydrogen) atoms. The summed E-state index contributed by atoms with van der Waals surface area (Å²) in [5.41, 5.74) is 2.22. The Morgan fingerprint density at radius 3 is 2.25 bits per heavy atom. The number of benzene rings is 3. The molecule has 0 spiro atoms. The molecule has 0 saturated heterocycles. The molecule has 2 heterocycles. The van der Waals surface area contributed by atoms with Gasteiger partial charge in [-0.3, -0.25) is 13.9 Å². The minimum atomic E-state index is -0.421. The van der Waals surface area contributed by atoms with Gasteiger partial charge in [0.15, 0.2) is 17.0 Å². The monoisotopic (exact) mass is 538 g/mol. The van der Waals surface area contributed by atoms with Gasteiger partial charge in [0.05, 0.1) is 22.9 Å². The second kappa shape index (κ2) is 9.78. The normalized spacial score (nSPS) is 11.1. The second-order valence-electron chi connectivity index (χ2n) is 7.73. The molecule has 0 radical (unpaired) electrons. The van der Waals surface area contributed by atoms with Crippen molar-refractivity contribution in [1.82, 2.24) is 19.1 Å². The molecule has 0 atom stereocenters. The van der Waals surface area contributed by atoms with E-state index in [1.54, 1.807) is 78.2 Å². The number of carbonyl (C=O) groups excluding carboxylic acids is 1. The molecule has 0 aliphatic rings. The Kier molecular flexibility index (Phi) is 6.53. The first-order chi connectivity index (χ1) is 17.4. The number of aromatic nitrogens is 4. The summed E-state index contributed by atoms with van der Waals surface area (Å²) < 4.78 is 8.12. The fraction of sp³-hybridized carbons (Fsp3) is 0.0769. The first kappa shape index (κ1) is 24.1. The van der Waals surface area contributed by atoms with Gasteiger partial charge in [-0.15, -0.1) is 0 Å². The third kappa shape index (κ3) is 4.37. The molecule has 7 nitrogen and oxygen atoms in total. The zero-order chi connectivity index (χ0) is 25.4. The summed E-state index contributed by atoms with van der Waals surface area (Å²) in [6.45, 7) is 2.02. The van der Waals surface area contributed by atoms with E-state index in [0.717, 1.165) is 0 Å². The molecule has 5 aromatic rings. The lowest BCUT2D eigenvalue weighted by Crippen LogP contribution is -2.23. The Hall–Kier alpha value is -3.65. The van der Waals surface area contributed by atoms with Gasteiger partial charge in [0.1, 0.15) is 6.33 Å². The van der Waals surface area contributed by atoms with Crippen molar-refractivity contribution in [3.63, 3.8) is 0 Å². The minimum absolute atomic E-state index is 0.237. The predicted octanol–water partition coefficient (Wildman–Crippen LogP) is 6.38. The second-order valence-corrected chi connectivity index (χ2v) is 9.01. The highest BCUT2D eigenvalue weighted by Gasteiger charge is 2.21. The van der Waals surface area contributed by atoms with Crippen LogP contribution in [0.2, 0.25) is 15.1 Å². The number of ether oxygens (including phenoxy) is 1. The van der Waals surface area contributed by atoms with E-state index in [4.69, 9.17) is 44.5 Å². The number of nitrogens with zero attached hydrogens (tertiary/aromatic N) is 4. The first-order valence-electron chi connectivity index (χ1n) is 10.9. The molecule has 0 saturated carbocycles. The van der Waals surface area contributed by atoms with Crippen molar-refractivity contribution in [2.24, 2.45) is 0 Å². The van der Waals surface area contributed by atoms with Crippen LogP contribution >= 0.6 is 34.8 Å². The van der Waals surface area contributed by atoms with Gasteiger partial charge in [-0.2, -0.15) is 0 Å². The number of rotatable bonds is 5. The molecule has 0 N–H and O–H groups in total. The van der Waals surface area contributed by atoms with Gasteiger partial charge in [-0.1, -0.05) is 34.8 Å². The van der Waals surface area contributed by atoms with Crippen LogP contribution in [-0.2, 0) is 4.74 Å². The van der Waals surface area contributed by atoms with Crippen LogP contribution in [0.4, 0.5) is 0 Å². The van der Waals surface area contributed by atoms with Gasteiger partial charge in [-0.05, 0) is 73.7 Å². The van der Waals surface area contributed by atoms with E-state index in [-0.39, 0.29) is 23.3 Å². The Balaban J connectivity index is 1.74. The predicted molar refractivity (Wildman–Crippen MR) is 141 cm³/mol. The third-order valence-corrected chi connectivity index (χ3v) is 6.29.